The van der Waals surface area contributed by atoms with Crippen LogP contribution in [0, 0.1) is 0 Å². The first-order valence-corrected chi connectivity index (χ1v) is 6.46. The summed E-state index contributed by atoms with van der Waals surface area (Å²) in [4.78, 5) is 12.2. The summed E-state index contributed by atoms with van der Waals surface area (Å²) in [6.07, 6.45) is 1.29. The van der Waals surface area contributed by atoms with Crippen LogP contribution in [0.4, 0.5) is 4.79 Å². The number of methoxy groups -OCH3 is 1. The normalized spacial score (nSPS) is 11.2. The molecule has 0 aliphatic rings. The third-order valence-electron chi connectivity index (χ3n) is 2.72. The predicted molar refractivity (Wildman–Crippen MR) is 78.1 cm³/mol. The van der Waals surface area contributed by atoms with Gasteiger partial charge in [0, 0.05) is 11.8 Å². The van der Waals surface area contributed by atoms with Crippen LogP contribution in [0.2, 0.25) is 0 Å². The number of hydrogen-bond acceptors (Lipinski definition) is 3. The van der Waals surface area contributed by atoms with E-state index in [1.807, 2.05) is 57.2 Å². The maximum Gasteiger partial charge on any atom is 0.418 e. The molecule has 0 saturated carbocycles. The lowest BCUT2D eigenvalue weighted by Gasteiger charge is -2.20. The van der Waals surface area contributed by atoms with Crippen molar-refractivity contribution < 1.29 is 14.3 Å². The summed E-state index contributed by atoms with van der Waals surface area (Å²) in [7, 11) is 1.61. The van der Waals surface area contributed by atoms with Crippen LogP contribution in [0.3, 0.4) is 0 Å². The Kier molecular flexibility index (Phi) is 3.84. The van der Waals surface area contributed by atoms with Gasteiger partial charge < -0.3 is 9.47 Å². The van der Waals surface area contributed by atoms with Gasteiger partial charge in [-0.15, -0.1) is 0 Å². The van der Waals surface area contributed by atoms with Crippen molar-refractivity contribution in [1.29, 1.82) is 0 Å². The molecule has 4 heteroatoms. The molecule has 106 valence electrons. The average molecular weight is 273 g/mol. The zero-order valence-electron chi connectivity index (χ0n) is 12.2. The highest BCUT2D eigenvalue weighted by Gasteiger charge is 2.20. The number of nitrogens with zero attached hydrogens (tertiary/aromatic N) is 1. The van der Waals surface area contributed by atoms with Crippen LogP contribution < -0.4 is 4.74 Å². The van der Waals surface area contributed by atoms with E-state index >= 15 is 0 Å². The van der Waals surface area contributed by atoms with Gasteiger partial charge in [-0.2, -0.15) is 0 Å². The fourth-order valence-electron chi connectivity index (χ4n) is 1.93. The topological polar surface area (TPSA) is 40.5 Å². The molecule has 0 aliphatic carbocycles. The van der Waals surface area contributed by atoms with Crippen molar-refractivity contribution in [2.75, 3.05) is 7.11 Å². The van der Waals surface area contributed by atoms with Crippen LogP contribution in [-0.4, -0.2) is 23.4 Å². The van der Waals surface area contributed by atoms with E-state index in [1.165, 1.54) is 4.57 Å². The van der Waals surface area contributed by atoms with Crippen molar-refractivity contribution >= 4 is 6.09 Å². The molecule has 0 N–H and O–H groups in total. The smallest absolute Gasteiger partial charge is 0.418 e. The van der Waals surface area contributed by atoms with Gasteiger partial charge in [-0.3, -0.25) is 4.57 Å². The van der Waals surface area contributed by atoms with E-state index in [0.717, 1.165) is 17.0 Å². The molecule has 4 nitrogen and oxygen atoms in total. The second-order valence-electron chi connectivity index (χ2n) is 5.44. The van der Waals surface area contributed by atoms with Crippen LogP contribution in [-0.2, 0) is 4.74 Å². The van der Waals surface area contributed by atoms with Crippen LogP contribution in [0.15, 0.2) is 42.6 Å². The Balaban J connectivity index is 2.41. The number of para-hydroxylation sites is 1. The molecule has 1 aromatic heterocycles. The van der Waals surface area contributed by atoms with Gasteiger partial charge in [-0.25, -0.2) is 4.79 Å². The summed E-state index contributed by atoms with van der Waals surface area (Å²) < 4.78 is 12.2. The monoisotopic (exact) mass is 273 g/mol. The van der Waals surface area contributed by atoms with Gasteiger partial charge in [0.05, 0.1) is 12.8 Å². The Morgan fingerprint density at radius 3 is 2.45 bits per heavy atom. The van der Waals surface area contributed by atoms with Crippen LogP contribution in [0.1, 0.15) is 20.8 Å². The highest BCUT2D eigenvalue weighted by molar-refractivity contribution is 5.80. The van der Waals surface area contributed by atoms with E-state index in [1.54, 1.807) is 13.3 Å². The molecular weight excluding hydrogens is 254 g/mol. The van der Waals surface area contributed by atoms with Gasteiger partial charge in [0.1, 0.15) is 11.4 Å². The van der Waals surface area contributed by atoms with Crippen molar-refractivity contribution in [1.82, 2.24) is 4.57 Å². The van der Waals surface area contributed by atoms with Gasteiger partial charge in [0.25, 0.3) is 0 Å². The van der Waals surface area contributed by atoms with Crippen LogP contribution in [0.5, 0.6) is 5.75 Å². The maximum atomic E-state index is 12.2. The van der Waals surface area contributed by atoms with Gasteiger partial charge in [-0.05, 0) is 45.0 Å². The fourth-order valence-corrected chi connectivity index (χ4v) is 1.93. The first kappa shape index (κ1) is 14.2. The van der Waals surface area contributed by atoms with Crippen LogP contribution in [0.25, 0.3) is 11.3 Å². The summed E-state index contributed by atoms with van der Waals surface area (Å²) in [6.45, 7) is 5.53. The third-order valence-corrected chi connectivity index (χ3v) is 2.72. The summed E-state index contributed by atoms with van der Waals surface area (Å²) in [6, 6.07) is 11.2. The SMILES string of the molecule is COc1ccccc1-c1cccn1C(=O)OC(C)(C)C. The number of benzene rings is 1. The van der Waals surface area contributed by atoms with Crippen molar-refractivity contribution in [3.63, 3.8) is 0 Å². The molecule has 1 heterocycles. The average Bonchev–Trinajstić information content (AvgIpc) is 2.85. The summed E-state index contributed by atoms with van der Waals surface area (Å²) in [5.74, 6) is 0.719. The lowest BCUT2D eigenvalue weighted by Crippen LogP contribution is -2.27. The molecule has 0 saturated heterocycles. The van der Waals surface area contributed by atoms with E-state index in [4.69, 9.17) is 9.47 Å². The summed E-state index contributed by atoms with van der Waals surface area (Å²) in [5, 5.41) is 0. The van der Waals surface area contributed by atoms with Crippen LogP contribution >= 0.6 is 0 Å². The van der Waals surface area contributed by atoms with Gasteiger partial charge in [0.2, 0.25) is 0 Å². The number of hydrogen-bond donors (Lipinski definition) is 0. The Morgan fingerprint density at radius 1 is 1.10 bits per heavy atom. The minimum absolute atomic E-state index is 0.400. The molecule has 2 rings (SSSR count). The highest BCUT2D eigenvalue weighted by Crippen LogP contribution is 2.30. The number of rotatable bonds is 2. The van der Waals surface area contributed by atoms with Crippen molar-refractivity contribution in [2.45, 2.75) is 26.4 Å². The van der Waals surface area contributed by atoms with E-state index in [0.29, 0.717) is 0 Å². The molecule has 0 amide bonds. The zero-order valence-corrected chi connectivity index (χ0v) is 12.2. The minimum Gasteiger partial charge on any atom is -0.496 e. The Labute approximate surface area is 118 Å². The standard InChI is InChI=1S/C16H19NO3/c1-16(2,3)20-15(18)17-11-7-9-13(17)12-8-5-6-10-14(12)19-4/h5-11H,1-4H3. The molecule has 0 aliphatic heterocycles. The van der Waals surface area contributed by atoms with Gasteiger partial charge in [0.15, 0.2) is 0 Å². The number of carbonyl (C=O) groups excluding carboxylic acids is 1. The summed E-state index contributed by atoms with van der Waals surface area (Å²) >= 11 is 0. The molecular formula is C16H19NO3. The molecule has 0 bridgehead atoms. The number of carbonyl (C=O) groups is 1. The van der Waals surface area contributed by atoms with Gasteiger partial charge >= 0.3 is 6.09 Å². The molecule has 2 aromatic rings. The van der Waals surface area contributed by atoms with E-state index in [2.05, 4.69) is 0 Å². The second kappa shape index (κ2) is 5.41. The third kappa shape index (κ3) is 3.02. The first-order valence-electron chi connectivity index (χ1n) is 6.46. The molecule has 0 unspecified atom stereocenters. The molecule has 0 spiro atoms. The maximum absolute atomic E-state index is 12.2. The van der Waals surface area contributed by atoms with E-state index < -0.39 is 11.7 Å². The predicted octanol–water partition coefficient (Wildman–Crippen LogP) is 3.95. The molecule has 1 aromatic carbocycles. The van der Waals surface area contributed by atoms with Gasteiger partial charge in [-0.1, -0.05) is 12.1 Å². The van der Waals surface area contributed by atoms with Crippen molar-refractivity contribution in [3.05, 3.63) is 42.6 Å². The minimum atomic E-state index is -0.528. The number of ether oxygens (including phenoxy) is 2. The molecule has 0 fully saturated rings. The van der Waals surface area contributed by atoms with E-state index in [-0.39, 0.29) is 0 Å². The fraction of sp³-hybridized carbons (Fsp3) is 0.312. The zero-order chi connectivity index (χ0) is 14.8. The van der Waals surface area contributed by atoms with Crippen molar-refractivity contribution in [3.8, 4) is 17.0 Å². The molecule has 0 atom stereocenters. The first-order chi connectivity index (χ1) is 9.42. The van der Waals surface area contributed by atoms with Crippen molar-refractivity contribution in [2.24, 2.45) is 0 Å². The molecule has 0 radical (unpaired) electrons. The Hall–Kier alpha value is -2.23. The second-order valence-corrected chi connectivity index (χ2v) is 5.44. The summed E-state index contributed by atoms with van der Waals surface area (Å²) in [5.41, 5.74) is 1.07. The lowest BCUT2D eigenvalue weighted by molar-refractivity contribution is 0.0540. The lowest BCUT2D eigenvalue weighted by atomic mass is 10.1. The number of aromatic nitrogens is 1. The highest BCUT2D eigenvalue weighted by atomic mass is 16.6. The quantitative estimate of drug-likeness (QED) is 0.832. The molecule has 20 heavy (non-hydrogen) atoms. The largest absolute Gasteiger partial charge is 0.496 e. The van der Waals surface area contributed by atoms with E-state index in [9.17, 15) is 4.79 Å². The Bertz CT molecular complexity index is 608. The Morgan fingerprint density at radius 2 is 1.80 bits per heavy atom.